The lowest BCUT2D eigenvalue weighted by atomic mass is 10.1. The first kappa shape index (κ1) is 13.2. The summed E-state index contributed by atoms with van der Waals surface area (Å²) in [6.45, 7) is 1.83. The van der Waals surface area contributed by atoms with Crippen molar-refractivity contribution in [1.82, 2.24) is 19.4 Å². The fourth-order valence-corrected chi connectivity index (χ4v) is 2.69. The van der Waals surface area contributed by atoms with Crippen LogP contribution in [0.5, 0.6) is 0 Å². The molecule has 1 amide bonds. The van der Waals surface area contributed by atoms with Crippen molar-refractivity contribution in [3.8, 4) is 0 Å². The van der Waals surface area contributed by atoms with Crippen LogP contribution in [0, 0.1) is 0 Å². The first-order valence-electron chi connectivity index (χ1n) is 6.70. The second-order valence-electron chi connectivity index (χ2n) is 4.99. The summed E-state index contributed by atoms with van der Waals surface area (Å²) in [5, 5.41) is 0.504. The van der Waals surface area contributed by atoms with Crippen LogP contribution in [0.2, 0.25) is 5.02 Å². The average molecular weight is 294 g/mol. The molecule has 3 rings (SSSR count). The number of carbonyl (C=O) groups is 1. The van der Waals surface area contributed by atoms with Crippen LogP contribution in [0.25, 0.3) is 11.2 Å². The van der Waals surface area contributed by atoms with Crippen LogP contribution in [0.15, 0.2) is 12.3 Å². The lowest BCUT2D eigenvalue weighted by Crippen LogP contribution is -2.37. The molecule has 1 aliphatic heterocycles. The second kappa shape index (κ2) is 5.28. The van der Waals surface area contributed by atoms with Crippen molar-refractivity contribution >= 4 is 34.6 Å². The number of likely N-dealkylation sites (tertiary alicyclic amines) is 1. The van der Waals surface area contributed by atoms with E-state index in [-0.39, 0.29) is 12.5 Å². The van der Waals surface area contributed by atoms with E-state index in [4.69, 9.17) is 17.3 Å². The van der Waals surface area contributed by atoms with Gasteiger partial charge in [-0.2, -0.15) is 0 Å². The average Bonchev–Trinajstić information content (AvgIpc) is 2.75. The van der Waals surface area contributed by atoms with E-state index in [0.717, 1.165) is 25.9 Å². The summed E-state index contributed by atoms with van der Waals surface area (Å²) in [7, 11) is 0. The number of anilines is 1. The van der Waals surface area contributed by atoms with Crippen LogP contribution in [0.4, 0.5) is 5.95 Å². The van der Waals surface area contributed by atoms with Gasteiger partial charge in [-0.05, 0) is 25.3 Å². The van der Waals surface area contributed by atoms with Gasteiger partial charge in [0.05, 0.1) is 5.02 Å². The van der Waals surface area contributed by atoms with Crippen LogP contribution in [-0.4, -0.2) is 38.4 Å². The van der Waals surface area contributed by atoms with Gasteiger partial charge in [0.25, 0.3) is 0 Å². The SMILES string of the molecule is Nc1nc2cc(Cl)cnc2n1CC(=O)N1CCCCC1. The molecule has 1 saturated heterocycles. The standard InChI is InChI=1S/C13H16ClN5O/c14-9-6-10-12(16-7-9)19(13(15)17-10)8-11(20)18-4-2-1-3-5-18/h6-7H,1-5,8H2,(H2,15,17). The van der Waals surface area contributed by atoms with E-state index in [2.05, 4.69) is 9.97 Å². The van der Waals surface area contributed by atoms with Crippen molar-refractivity contribution in [2.24, 2.45) is 0 Å². The Bertz CT molecular complexity index is 647. The minimum absolute atomic E-state index is 0.0625. The van der Waals surface area contributed by atoms with Gasteiger partial charge in [-0.15, -0.1) is 0 Å². The van der Waals surface area contributed by atoms with Crippen molar-refractivity contribution in [3.05, 3.63) is 17.3 Å². The van der Waals surface area contributed by atoms with Gasteiger partial charge in [0.2, 0.25) is 11.9 Å². The van der Waals surface area contributed by atoms with Crippen molar-refractivity contribution in [2.75, 3.05) is 18.8 Å². The monoisotopic (exact) mass is 293 g/mol. The topological polar surface area (TPSA) is 77.0 Å². The van der Waals surface area contributed by atoms with Crippen LogP contribution < -0.4 is 5.73 Å². The summed E-state index contributed by atoms with van der Waals surface area (Å²) in [6.07, 6.45) is 4.87. The first-order chi connectivity index (χ1) is 9.65. The quantitative estimate of drug-likeness (QED) is 0.914. The fourth-order valence-electron chi connectivity index (χ4n) is 2.54. The number of hydrogen-bond acceptors (Lipinski definition) is 4. The van der Waals surface area contributed by atoms with Gasteiger partial charge in [-0.3, -0.25) is 9.36 Å². The molecule has 0 aromatic carbocycles. The number of aromatic nitrogens is 3. The molecule has 3 heterocycles. The Morgan fingerprint density at radius 1 is 1.35 bits per heavy atom. The molecule has 0 spiro atoms. The number of nitrogens with two attached hydrogens (primary N) is 1. The Morgan fingerprint density at radius 3 is 2.85 bits per heavy atom. The number of imidazole rings is 1. The number of piperidine rings is 1. The highest BCUT2D eigenvalue weighted by molar-refractivity contribution is 6.31. The highest BCUT2D eigenvalue weighted by atomic mass is 35.5. The zero-order valence-electron chi connectivity index (χ0n) is 11.0. The minimum atomic E-state index is 0.0625. The second-order valence-corrected chi connectivity index (χ2v) is 5.43. The molecule has 7 heteroatoms. The fraction of sp³-hybridized carbons (Fsp3) is 0.462. The summed E-state index contributed by atoms with van der Waals surface area (Å²) >= 11 is 5.88. The third-order valence-electron chi connectivity index (χ3n) is 3.58. The predicted molar refractivity (Wildman–Crippen MR) is 77.4 cm³/mol. The molecule has 0 aliphatic carbocycles. The van der Waals surface area contributed by atoms with E-state index in [1.165, 1.54) is 12.6 Å². The molecule has 106 valence electrons. The Hall–Kier alpha value is -1.82. The van der Waals surface area contributed by atoms with E-state index >= 15 is 0 Å². The van der Waals surface area contributed by atoms with Crippen LogP contribution in [0.1, 0.15) is 19.3 Å². The molecule has 2 aromatic rings. The molecule has 20 heavy (non-hydrogen) atoms. The number of nitrogen functional groups attached to an aromatic ring is 1. The lowest BCUT2D eigenvalue weighted by molar-refractivity contribution is -0.132. The smallest absolute Gasteiger partial charge is 0.242 e. The molecule has 0 atom stereocenters. The number of hydrogen-bond donors (Lipinski definition) is 1. The molecule has 0 unspecified atom stereocenters. The number of pyridine rings is 1. The van der Waals surface area contributed by atoms with E-state index in [1.807, 2.05) is 4.90 Å². The highest BCUT2D eigenvalue weighted by Gasteiger charge is 2.19. The summed E-state index contributed by atoms with van der Waals surface area (Å²) in [5.74, 6) is 0.354. The van der Waals surface area contributed by atoms with Crippen LogP contribution >= 0.6 is 11.6 Å². The van der Waals surface area contributed by atoms with Gasteiger partial charge in [-0.1, -0.05) is 11.6 Å². The molecular formula is C13H16ClN5O. The molecule has 0 bridgehead atoms. The van der Waals surface area contributed by atoms with E-state index in [0.29, 0.717) is 22.1 Å². The van der Waals surface area contributed by atoms with Crippen molar-refractivity contribution in [3.63, 3.8) is 0 Å². The Morgan fingerprint density at radius 2 is 2.10 bits per heavy atom. The normalized spacial score (nSPS) is 15.8. The van der Waals surface area contributed by atoms with E-state index in [9.17, 15) is 4.79 Å². The largest absolute Gasteiger partial charge is 0.369 e. The third kappa shape index (κ3) is 2.43. The Kier molecular flexibility index (Phi) is 3.48. The van der Waals surface area contributed by atoms with E-state index in [1.54, 1.807) is 10.6 Å². The van der Waals surface area contributed by atoms with Gasteiger partial charge >= 0.3 is 0 Å². The van der Waals surface area contributed by atoms with Gasteiger partial charge in [0.15, 0.2) is 5.65 Å². The molecule has 6 nitrogen and oxygen atoms in total. The number of halogens is 1. The maximum Gasteiger partial charge on any atom is 0.242 e. The molecule has 0 saturated carbocycles. The van der Waals surface area contributed by atoms with Crippen LogP contribution in [0.3, 0.4) is 0 Å². The van der Waals surface area contributed by atoms with Crippen LogP contribution in [-0.2, 0) is 11.3 Å². The van der Waals surface area contributed by atoms with Crippen molar-refractivity contribution < 1.29 is 4.79 Å². The Balaban J connectivity index is 1.86. The van der Waals surface area contributed by atoms with Crippen molar-refractivity contribution in [2.45, 2.75) is 25.8 Å². The van der Waals surface area contributed by atoms with Crippen molar-refractivity contribution in [1.29, 1.82) is 0 Å². The molecule has 1 aliphatic rings. The molecule has 0 radical (unpaired) electrons. The van der Waals surface area contributed by atoms with Gasteiger partial charge in [-0.25, -0.2) is 9.97 Å². The minimum Gasteiger partial charge on any atom is -0.369 e. The number of nitrogens with zero attached hydrogens (tertiary/aromatic N) is 4. The zero-order valence-corrected chi connectivity index (χ0v) is 11.8. The summed E-state index contributed by atoms with van der Waals surface area (Å²) in [5.41, 5.74) is 7.09. The number of carbonyl (C=O) groups excluding carboxylic acids is 1. The summed E-state index contributed by atoms with van der Waals surface area (Å²) in [4.78, 5) is 22.6. The van der Waals surface area contributed by atoms with E-state index < -0.39 is 0 Å². The van der Waals surface area contributed by atoms with Gasteiger partial charge < -0.3 is 10.6 Å². The maximum atomic E-state index is 12.3. The third-order valence-corrected chi connectivity index (χ3v) is 3.79. The zero-order chi connectivity index (χ0) is 14.1. The first-order valence-corrected chi connectivity index (χ1v) is 7.08. The predicted octanol–water partition coefficient (Wildman–Crippen LogP) is 1.68. The maximum absolute atomic E-state index is 12.3. The Labute approximate surface area is 121 Å². The summed E-state index contributed by atoms with van der Waals surface area (Å²) < 4.78 is 1.64. The molecular weight excluding hydrogens is 278 g/mol. The lowest BCUT2D eigenvalue weighted by Gasteiger charge is -2.26. The summed E-state index contributed by atoms with van der Waals surface area (Å²) in [6, 6.07) is 1.70. The van der Waals surface area contributed by atoms with Gasteiger partial charge in [0.1, 0.15) is 12.1 Å². The number of amides is 1. The number of rotatable bonds is 2. The molecule has 2 aromatic heterocycles. The molecule has 2 N–H and O–H groups in total. The molecule has 1 fully saturated rings. The number of fused-ring (bicyclic) bond motifs is 1. The van der Waals surface area contributed by atoms with Gasteiger partial charge in [0, 0.05) is 19.3 Å². The highest BCUT2D eigenvalue weighted by Crippen LogP contribution is 2.19.